The van der Waals surface area contributed by atoms with Gasteiger partial charge in [0.25, 0.3) is 0 Å². The third kappa shape index (κ3) is 3.02. The number of nitrogens with one attached hydrogen (secondary N) is 1. The van der Waals surface area contributed by atoms with E-state index in [0.29, 0.717) is 5.88 Å². The van der Waals surface area contributed by atoms with E-state index in [1.165, 1.54) is 37.8 Å². The van der Waals surface area contributed by atoms with Crippen molar-refractivity contribution in [3.05, 3.63) is 17.5 Å². The lowest BCUT2D eigenvalue weighted by Crippen LogP contribution is -2.48. The SMILES string of the molecule is Cc1cc(CNC2(CCl)CCCCC2)n(C)n1. The molecule has 3 nitrogen and oxygen atoms in total. The van der Waals surface area contributed by atoms with Gasteiger partial charge in [0.05, 0.1) is 11.4 Å². The molecule has 1 aliphatic carbocycles. The maximum atomic E-state index is 6.16. The number of hydrogen-bond donors (Lipinski definition) is 1. The van der Waals surface area contributed by atoms with Crippen LogP contribution < -0.4 is 5.32 Å². The first-order valence-electron chi connectivity index (χ1n) is 6.46. The fraction of sp³-hybridized carbons (Fsp3) is 0.769. The highest BCUT2D eigenvalue weighted by Gasteiger charge is 2.30. The molecule has 1 aliphatic rings. The van der Waals surface area contributed by atoms with Gasteiger partial charge in [-0.25, -0.2) is 0 Å². The first-order valence-corrected chi connectivity index (χ1v) is 6.99. The van der Waals surface area contributed by atoms with E-state index in [4.69, 9.17) is 11.6 Å². The van der Waals surface area contributed by atoms with Gasteiger partial charge in [-0.3, -0.25) is 4.68 Å². The molecule has 1 heterocycles. The predicted molar refractivity (Wildman–Crippen MR) is 71.3 cm³/mol. The summed E-state index contributed by atoms with van der Waals surface area (Å²) in [5.74, 6) is 0.712. The predicted octanol–water partition coefficient (Wildman–Crippen LogP) is 2.76. The average Bonchev–Trinajstić information content (AvgIpc) is 2.67. The lowest BCUT2D eigenvalue weighted by atomic mass is 9.83. The molecule has 1 aromatic rings. The molecule has 17 heavy (non-hydrogen) atoms. The number of aromatic nitrogens is 2. The van der Waals surface area contributed by atoms with Crippen molar-refractivity contribution in [1.82, 2.24) is 15.1 Å². The summed E-state index contributed by atoms with van der Waals surface area (Å²) in [6.07, 6.45) is 6.35. The van der Waals surface area contributed by atoms with Crippen molar-refractivity contribution in [2.24, 2.45) is 7.05 Å². The van der Waals surface area contributed by atoms with Crippen LogP contribution in [0.2, 0.25) is 0 Å². The van der Waals surface area contributed by atoms with Crippen LogP contribution in [0, 0.1) is 6.92 Å². The van der Waals surface area contributed by atoms with Crippen LogP contribution in [0.4, 0.5) is 0 Å². The quantitative estimate of drug-likeness (QED) is 0.839. The first kappa shape index (κ1) is 12.9. The van der Waals surface area contributed by atoms with Crippen molar-refractivity contribution >= 4 is 11.6 Å². The Bertz CT molecular complexity index is 367. The first-order chi connectivity index (χ1) is 8.15. The maximum Gasteiger partial charge on any atom is 0.0597 e. The van der Waals surface area contributed by atoms with Crippen molar-refractivity contribution in [1.29, 1.82) is 0 Å². The Kier molecular flexibility index (Phi) is 4.10. The highest BCUT2D eigenvalue weighted by Crippen LogP contribution is 2.29. The van der Waals surface area contributed by atoms with Gasteiger partial charge >= 0.3 is 0 Å². The molecular formula is C13H22ClN3. The molecule has 0 saturated heterocycles. The van der Waals surface area contributed by atoms with E-state index < -0.39 is 0 Å². The van der Waals surface area contributed by atoms with E-state index >= 15 is 0 Å². The third-order valence-corrected chi connectivity index (χ3v) is 4.32. The van der Waals surface area contributed by atoms with Crippen LogP contribution in [0.3, 0.4) is 0 Å². The standard InChI is InChI=1S/C13H22ClN3/c1-11-8-12(17(2)16-11)9-15-13(10-14)6-4-3-5-7-13/h8,15H,3-7,9-10H2,1-2H3. The van der Waals surface area contributed by atoms with Crippen LogP contribution in [0.5, 0.6) is 0 Å². The summed E-state index contributed by atoms with van der Waals surface area (Å²) >= 11 is 6.16. The Hall–Kier alpha value is -0.540. The molecule has 0 radical (unpaired) electrons. The fourth-order valence-corrected chi connectivity index (χ4v) is 3.06. The summed E-state index contributed by atoms with van der Waals surface area (Å²) in [6, 6.07) is 2.14. The van der Waals surface area contributed by atoms with E-state index in [-0.39, 0.29) is 5.54 Å². The molecule has 1 fully saturated rings. The molecule has 96 valence electrons. The van der Waals surface area contributed by atoms with Gasteiger partial charge in [-0.05, 0) is 25.8 Å². The van der Waals surface area contributed by atoms with Crippen molar-refractivity contribution in [3.63, 3.8) is 0 Å². The molecule has 4 heteroatoms. The van der Waals surface area contributed by atoms with Crippen LogP contribution in [0.25, 0.3) is 0 Å². The minimum absolute atomic E-state index is 0.151. The number of aryl methyl sites for hydroxylation is 2. The topological polar surface area (TPSA) is 29.9 Å². The minimum Gasteiger partial charge on any atom is -0.304 e. The lowest BCUT2D eigenvalue weighted by Gasteiger charge is -2.36. The van der Waals surface area contributed by atoms with Gasteiger partial charge < -0.3 is 5.32 Å². The molecule has 0 unspecified atom stereocenters. The molecule has 1 aromatic heterocycles. The number of alkyl halides is 1. The van der Waals surface area contributed by atoms with E-state index in [9.17, 15) is 0 Å². The van der Waals surface area contributed by atoms with Gasteiger partial charge in [0, 0.05) is 25.0 Å². The molecule has 0 spiro atoms. The van der Waals surface area contributed by atoms with Crippen molar-refractivity contribution in [2.75, 3.05) is 5.88 Å². The van der Waals surface area contributed by atoms with Gasteiger partial charge in [0.2, 0.25) is 0 Å². The van der Waals surface area contributed by atoms with Crippen LogP contribution in [0.15, 0.2) is 6.07 Å². The highest BCUT2D eigenvalue weighted by molar-refractivity contribution is 6.18. The number of nitrogens with zero attached hydrogens (tertiary/aromatic N) is 2. The zero-order chi connectivity index (χ0) is 12.3. The van der Waals surface area contributed by atoms with E-state index in [1.807, 2.05) is 18.7 Å². The highest BCUT2D eigenvalue weighted by atomic mass is 35.5. The van der Waals surface area contributed by atoms with E-state index in [2.05, 4.69) is 16.5 Å². The smallest absolute Gasteiger partial charge is 0.0597 e. The van der Waals surface area contributed by atoms with Gasteiger partial charge in [-0.1, -0.05) is 19.3 Å². The average molecular weight is 256 g/mol. The maximum absolute atomic E-state index is 6.16. The zero-order valence-electron chi connectivity index (χ0n) is 10.8. The fourth-order valence-electron chi connectivity index (χ4n) is 2.69. The third-order valence-electron chi connectivity index (χ3n) is 3.81. The second kappa shape index (κ2) is 5.40. The molecule has 0 amide bonds. The largest absolute Gasteiger partial charge is 0.304 e. The summed E-state index contributed by atoms with van der Waals surface area (Å²) in [5, 5.41) is 8.03. The minimum atomic E-state index is 0.151. The summed E-state index contributed by atoms with van der Waals surface area (Å²) in [6.45, 7) is 2.89. The molecule has 1 N–H and O–H groups in total. The number of halogens is 1. The monoisotopic (exact) mass is 255 g/mol. The second-order valence-electron chi connectivity index (χ2n) is 5.23. The molecule has 0 atom stereocenters. The molecule has 0 bridgehead atoms. The van der Waals surface area contributed by atoms with Gasteiger partial charge in [0.1, 0.15) is 0 Å². The van der Waals surface area contributed by atoms with Crippen LogP contribution in [-0.4, -0.2) is 21.2 Å². The summed E-state index contributed by atoms with van der Waals surface area (Å²) < 4.78 is 1.95. The lowest BCUT2D eigenvalue weighted by molar-refractivity contribution is 0.254. The number of rotatable bonds is 4. The van der Waals surface area contributed by atoms with E-state index in [0.717, 1.165) is 12.2 Å². The Morgan fingerprint density at radius 2 is 2.12 bits per heavy atom. The Morgan fingerprint density at radius 3 is 2.65 bits per heavy atom. The Morgan fingerprint density at radius 1 is 1.41 bits per heavy atom. The summed E-state index contributed by atoms with van der Waals surface area (Å²) in [4.78, 5) is 0. The number of hydrogen-bond acceptors (Lipinski definition) is 2. The molecular weight excluding hydrogens is 234 g/mol. The normalized spacial score (nSPS) is 19.5. The van der Waals surface area contributed by atoms with Crippen molar-refractivity contribution < 1.29 is 0 Å². The summed E-state index contributed by atoms with van der Waals surface area (Å²) in [7, 11) is 2.00. The molecule has 0 aliphatic heterocycles. The Balaban J connectivity index is 1.98. The van der Waals surface area contributed by atoms with E-state index in [1.54, 1.807) is 0 Å². The van der Waals surface area contributed by atoms with Crippen LogP contribution in [0.1, 0.15) is 43.5 Å². The van der Waals surface area contributed by atoms with Crippen molar-refractivity contribution in [3.8, 4) is 0 Å². The Labute approximate surface area is 109 Å². The summed E-state index contributed by atoms with van der Waals surface area (Å²) in [5.41, 5.74) is 2.46. The molecule has 1 saturated carbocycles. The van der Waals surface area contributed by atoms with Gasteiger partial charge in [-0.2, -0.15) is 5.10 Å². The van der Waals surface area contributed by atoms with Gasteiger partial charge in [0.15, 0.2) is 0 Å². The van der Waals surface area contributed by atoms with Crippen LogP contribution in [-0.2, 0) is 13.6 Å². The molecule has 0 aromatic carbocycles. The molecule has 2 rings (SSSR count). The zero-order valence-corrected chi connectivity index (χ0v) is 11.6. The van der Waals surface area contributed by atoms with Gasteiger partial charge in [-0.15, -0.1) is 11.6 Å². The van der Waals surface area contributed by atoms with Crippen LogP contribution >= 0.6 is 11.6 Å². The second-order valence-corrected chi connectivity index (χ2v) is 5.50. The van der Waals surface area contributed by atoms with Crippen molar-refractivity contribution in [2.45, 2.75) is 51.1 Å².